The van der Waals surface area contributed by atoms with Crippen LogP contribution in [0.2, 0.25) is 0 Å². The van der Waals surface area contributed by atoms with Crippen molar-refractivity contribution in [3.63, 3.8) is 0 Å². The van der Waals surface area contributed by atoms with E-state index in [0.717, 1.165) is 17.1 Å². The van der Waals surface area contributed by atoms with E-state index in [2.05, 4.69) is 23.3 Å². The number of nitrogens with two attached hydrogens (primary N) is 1. The summed E-state index contributed by atoms with van der Waals surface area (Å²) < 4.78 is 5.53. The summed E-state index contributed by atoms with van der Waals surface area (Å²) in [7, 11) is 0. The second kappa shape index (κ2) is 5.46. The summed E-state index contributed by atoms with van der Waals surface area (Å²) in [5, 5.41) is 3.24. The molecule has 1 aliphatic carbocycles. The van der Waals surface area contributed by atoms with Crippen molar-refractivity contribution in [3.8, 4) is 0 Å². The summed E-state index contributed by atoms with van der Waals surface area (Å²) in [5.74, 6) is 2.43. The molecule has 2 rings (SSSR count). The van der Waals surface area contributed by atoms with Crippen molar-refractivity contribution < 1.29 is 4.42 Å². The molecule has 0 spiro atoms. The molecule has 18 heavy (non-hydrogen) atoms. The second-order valence-electron chi connectivity index (χ2n) is 5.19. The quantitative estimate of drug-likeness (QED) is 0.639. The van der Waals surface area contributed by atoms with E-state index in [4.69, 9.17) is 10.2 Å². The van der Waals surface area contributed by atoms with Gasteiger partial charge in [0.05, 0.1) is 12.1 Å². The minimum absolute atomic E-state index is 0.132. The van der Waals surface area contributed by atoms with Crippen molar-refractivity contribution in [1.29, 1.82) is 0 Å². The van der Waals surface area contributed by atoms with Gasteiger partial charge in [0.25, 0.3) is 0 Å². The van der Waals surface area contributed by atoms with Crippen molar-refractivity contribution in [2.75, 3.05) is 0 Å². The number of nitrogens with zero attached hydrogens (tertiary/aromatic N) is 1. The average molecular weight is 249 g/mol. The van der Waals surface area contributed by atoms with Crippen LogP contribution in [0.3, 0.4) is 0 Å². The van der Waals surface area contributed by atoms with Gasteiger partial charge in [0, 0.05) is 5.56 Å². The number of aryl methyl sites for hydroxylation is 2. The summed E-state index contributed by atoms with van der Waals surface area (Å²) in [5.41, 5.74) is 7.11. The Balaban J connectivity index is 1.98. The van der Waals surface area contributed by atoms with Gasteiger partial charge in [-0.2, -0.15) is 0 Å². The van der Waals surface area contributed by atoms with Gasteiger partial charge in [0.1, 0.15) is 11.5 Å². The lowest BCUT2D eigenvalue weighted by Gasteiger charge is -2.15. The van der Waals surface area contributed by atoms with Gasteiger partial charge in [-0.3, -0.25) is 4.99 Å². The lowest BCUT2D eigenvalue weighted by molar-refractivity contribution is 0.497. The minimum Gasteiger partial charge on any atom is -0.466 e. The number of nitrogens with one attached hydrogen (secondary N) is 1. The summed E-state index contributed by atoms with van der Waals surface area (Å²) in [6, 6.07) is 2.60. The molecular formula is C14H23N3O. The highest BCUT2D eigenvalue weighted by Crippen LogP contribution is 2.22. The molecule has 0 aromatic carbocycles. The van der Waals surface area contributed by atoms with Crippen molar-refractivity contribution in [3.05, 3.63) is 23.2 Å². The monoisotopic (exact) mass is 249 g/mol. The lowest BCUT2D eigenvalue weighted by Crippen LogP contribution is -2.34. The fourth-order valence-corrected chi connectivity index (χ4v) is 2.65. The summed E-state index contributed by atoms with van der Waals surface area (Å²) in [6.07, 6.45) is 4.88. The third kappa shape index (κ3) is 3.06. The fraction of sp³-hybridized carbons (Fsp3) is 0.643. The van der Waals surface area contributed by atoms with E-state index in [-0.39, 0.29) is 6.04 Å². The maximum absolute atomic E-state index is 5.96. The molecule has 1 unspecified atom stereocenters. The molecule has 0 amide bonds. The predicted molar refractivity (Wildman–Crippen MR) is 73.6 cm³/mol. The summed E-state index contributed by atoms with van der Waals surface area (Å²) in [6.45, 7) is 6.01. The van der Waals surface area contributed by atoms with Crippen LogP contribution in [0.5, 0.6) is 0 Å². The molecular weight excluding hydrogens is 226 g/mol. The number of hydrogen-bond donors (Lipinski definition) is 2. The molecule has 0 radical (unpaired) electrons. The van der Waals surface area contributed by atoms with Gasteiger partial charge in [-0.25, -0.2) is 0 Å². The van der Waals surface area contributed by atoms with Crippen LogP contribution in [0.4, 0.5) is 0 Å². The number of rotatable bonds is 3. The first-order chi connectivity index (χ1) is 8.56. The van der Waals surface area contributed by atoms with Gasteiger partial charge in [-0.1, -0.05) is 12.8 Å². The van der Waals surface area contributed by atoms with E-state index < -0.39 is 0 Å². The molecule has 0 aliphatic heterocycles. The molecule has 0 bridgehead atoms. The van der Waals surface area contributed by atoms with E-state index in [9.17, 15) is 0 Å². The van der Waals surface area contributed by atoms with Crippen molar-refractivity contribution in [2.45, 2.75) is 58.5 Å². The van der Waals surface area contributed by atoms with E-state index >= 15 is 0 Å². The smallest absolute Gasteiger partial charge is 0.189 e. The van der Waals surface area contributed by atoms with E-state index in [1.54, 1.807) is 0 Å². The third-order valence-electron chi connectivity index (χ3n) is 3.56. The van der Waals surface area contributed by atoms with Crippen LogP contribution in [0, 0.1) is 13.8 Å². The lowest BCUT2D eigenvalue weighted by atomic mass is 10.1. The highest BCUT2D eigenvalue weighted by atomic mass is 16.3. The molecule has 1 fully saturated rings. The first-order valence-corrected chi connectivity index (χ1v) is 6.73. The normalized spacial score (nSPS) is 19.2. The Morgan fingerprint density at radius 1 is 1.44 bits per heavy atom. The van der Waals surface area contributed by atoms with Gasteiger partial charge in [0.2, 0.25) is 0 Å². The molecule has 1 aliphatic rings. The van der Waals surface area contributed by atoms with Crippen LogP contribution in [0.1, 0.15) is 55.7 Å². The van der Waals surface area contributed by atoms with Gasteiger partial charge in [-0.05, 0) is 39.7 Å². The SMILES string of the molecule is Cc1cc(C(C)NC(N)=NC2CCCC2)c(C)o1. The van der Waals surface area contributed by atoms with E-state index in [0.29, 0.717) is 12.0 Å². The third-order valence-corrected chi connectivity index (χ3v) is 3.56. The standard InChI is InChI=1S/C14H23N3O/c1-9-8-13(11(3)18-9)10(2)16-14(15)17-12-6-4-5-7-12/h8,10,12H,4-7H2,1-3H3,(H3,15,16,17). The molecule has 0 saturated heterocycles. The van der Waals surface area contributed by atoms with Gasteiger partial charge in [-0.15, -0.1) is 0 Å². The Morgan fingerprint density at radius 2 is 2.11 bits per heavy atom. The van der Waals surface area contributed by atoms with Crippen LogP contribution in [-0.2, 0) is 0 Å². The number of furan rings is 1. The van der Waals surface area contributed by atoms with Crippen LogP contribution in [-0.4, -0.2) is 12.0 Å². The predicted octanol–water partition coefficient (Wildman–Crippen LogP) is 2.80. The number of guanidine groups is 1. The molecule has 1 heterocycles. The first-order valence-electron chi connectivity index (χ1n) is 6.73. The van der Waals surface area contributed by atoms with E-state index in [1.807, 2.05) is 13.8 Å². The molecule has 1 saturated carbocycles. The maximum Gasteiger partial charge on any atom is 0.189 e. The van der Waals surface area contributed by atoms with Gasteiger partial charge in [0.15, 0.2) is 5.96 Å². The van der Waals surface area contributed by atoms with Crippen LogP contribution in [0.25, 0.3) is 0 Å². The summed E-state index contributed by atoms with van der Waals surface area (Å²) in [4.78, 5) is 4.53. The fourth-order valence-electron chi connectivity index (χ4n) is 2.65. The molecule has 4 heteroatoms. The zero-order chi connectivity index (χ0) is 13.1. The van der Waals surface area contributed by atoms with Crippen molar-refractivity contribution in [2.24, 2.45) is 10.7 Å². The van der Waals surface area contributed by atoms with E-state index in [1.165, 1.54) is 25.7 Å². The Labute approximate surface area is 109 Å². The Hall–Kier alpha value is -1.45. The Morgan fingerprint density at radius 3 is 2.67 bits per heavy atom. The molecule has 100 valence electrons. The highest BCUT2D eigenvalue weighted by Gasteiger charge is 2.16. The van der Waals surface area contributed by atoms with Crippen LogP contribution < -0.4 is 11.1 Å². The Kier molecular flexibility index (Phi) is 3.94. The largest absolute Gasteiger partial charge is 0.466 e. The number of aliphatic imine (C=N–C) groups is 1. The van der Waals surface area contributed by atoms with Crippen LogP contribution >= 0.6 is 0 Å². The zero-order valence-corrected chi connectivity index (χ0v) is 11.5. The molecule has 3 N–H and O–H groups in total. The molecule has 1 aromatic heterocycles. The first kappa shape index (κ1) is 13.0. The van der Waals surface area contributed by atoms with Gasteiger partial charge < -0.3 is 15.5 Å². The molecule has 4 nitrogen and oxygen atoms in total. The van der Waals surface area contributed by atoms with Crippen LogP contribution in [0.15, 0.2) is 15.5 Å². The molecule has 1 atom stereocenters. The zero-order valence-electron chi connectivity index (χ0n) is 11.5. The van der Waals surface area contributed by atoms with Crippen molar-refractivity contribution in [1.82, 2.24) is 5.32 Å². The van der Waals surface area contributed by atoms with Crippen molar-refractivity contribution >= 4 is 5.96 Å². The average Bonchev–Trinajstić information content (AvgIpc) is 2.88. The number of hydrogen-bond acceptors (Lipinski definition) is 2. The Bertz CT molecular complexity index is 430. The minimum atomic E-state index is 0.132. The maximum atomic E-state index is 5.96. The highest BCUT2D eigenvalue weighted by molar-refractivity contribution is 5.78. The van der Waals surface area contributed by atoms with Gasteiger partial charge >= 0.3 is 0 Å². The topological polar surface area (TPSA) is 63.5 Å². The summed E-state index contributed by atoms with van der Waals surface area (Å²) >= 11 is 0. The second-order valence-corrected chi connectivity index (χ2v) is 5.19. The molecule has 1 aromatic rings.